The van der Waals surface area contributed by atoms with E-state index in [2.05, 4.69) is 19.1 Å². The third kappa shape index (κ3) is 19.8. The molecule has 0 atom stereocenters. The number of unbranched alkanes of at least 4 members (excludes halogenated alkanes) is 15. The molecule has 0 unspecified atom stereocenters. The predicted octanol–water partition coefficient (Wildman–Crippen LogP) is 7.23. The Kier molecular flexibility index (Phi) is 20.5. The van der Waals surface area contributed by atoms with Crippen molar-refractivity contribution in [2.75, 3.05) is 5.75 Å². The molecule has 0 rings (SSSR count). The lowest BCUT2D eigenvalue weighted by molar-refractivity contribution is 0.532. The molecule has 0 fully saturated rings. The van der Waals surface area contributed by atoms with Gasteiger partial charge in [0.1, 0.15) is 0 Å². The van der Waals surface area contributed by atoms with Crippen LogP contribution in [0.5, 0.6) is 0 Å². The summed E-state index contributed by atoms with van der Waals surface area (Å²) >= 11 is 0.737. The minimum Gasteiger partial charge on any atom is -0.0917 e. The standard InChI is InChI=1S/C20H39OS/c1-2-3-4-5-6-7-8-9-10-11-12-13-14-15-16-17-18-19-20-22-21/h2-3H,4-20H2,1H3/q+1. The lowest BCUT2D eigenvalue weighted by Crippen LogP contribution is -1.85. The van der Waals surface area contributed by atoms with E-state index < -0.39 is 0 Å². The van der Waals surface area contributed by atoms with Crippen molar-refractivity contribution in [3.8, 4) is 0 Å². The fraction of sp³-hybridized carbons (Fsp3) is 0.900. The number of allylic oxidation sites excluding steroid dienone is 2. The Morgan fingerprint density at radius 3 is 1.32 bits per heavy atom. The van der Waals surface area contributed by atoms with Crippen LogP contribution in [0.4, 0.5) is 0 Å². The van der Waals surface area contributed by atoms with Crippen LogP contribution in [-0.2, 0) is 15.9 Å². The molecule has 2 heteroatoms. The van der Waals surface area contributed by atoms with Crippen molar-refractivity contribution in [1.29, 1.82) is 0 Å². The third-order valence-corrected chi connectivity index (χ3v) is 4.79. The second-order valence-corrected chi connectivity index (χ2v) is 7.13. The third-order valence-electron chi connectivity index (χ3n) is 4.33. The molecular weight excluding hydrogens is 288 g/mol. The minimum absolute atomic E-state index is 0.737. The molecule has 0 radical (unpaired) electrons. The van der Waals surface area contributed by atoms with Crippen LogP contribution in [0.25, 0.3) is 0 Å². The highest BCUT2D eigenvalue weighted by molar-refractivity contribution is 7.65. The van der Waals surface area contributed by atoms with Crippen molar-refractivity contribution in [2.45, 2.75) is 110 Å². The van der Waals surface area contributed by atoms with E-state index >= 15 is 0 Å². The van der Waals surface area contributed by atoms with Crippen molar-refractivity contribution < 1.29 is 4.21 Å². The zero-order chi connectivity index (χ0) is 16.1. The minimum atomic E-state index is 0.737. The monoisotopic (exact) mass is 327 g/mol. The van der Waals surface area contributed by atoms with Crippen molar-refractivity contribution in [2.24, 2.45) is 0 Å². The highest BCUT2D eigenvalue weighted by Gasteiger charge is 1.97. The van der Waals surface area contributed by atoms with Gasteiger partial charge in [0.2, 0.25) is 5.75 Å². The number of rotatable bonds is 18. The molecule has 1 nitrogen and oxygen atoms in total. The van der Waals surface area contributed by atoms with E-state index in [9.17, 15) is 4.21 Å². The first-order valence-electron chi connectivity index (χ1n) is 9.77. The average molecular weight is 328 g/mol. The highest BCUT2D eigenvalue weighted by Crippen LogP contribution is 2.13. The van der Waals surface area contributed by atoms with Crippen molar-refractivity contribution >= 4 is 11.7 Å². The van der Waals surface area contributed by atoms with Gasteiger partial charge in [0.25, 0.3) is 0 Å². The molecule has 0 N–H and O–H groups in total. The molecule has 0 aliphatic heterocycles. The Bertz CT molecular complexity index is 238. The van der Waals surface area contributed by atoms with Gasteiger partial charge in [-0.1, -0.05) is 89.2 Å². The fourth-order valence-corrected chi connectivity index (χ4v) is 3.21. The summed E-state index contributed by atoms with van der Waals surface area (Å²) in [6, 6.07) is 0. The van der Waals surface area contributed by atoms with E-state index in [0.29, 0.717) is 0 Å². The summed E-state index contributed by atoms with van der Waals surface area (Å²) in [7, 11) is 0. The normalized spacial score (nSPS) is 11.3. The molecule has 0 aliphatic carbocycles. The van der Waals surface area contributed by atoms with Crippen molar-refractivity contribution in [3.05, 3.63) is 12.2 Å². The van der Waals surface area contributed by atoms with Gasteiger partial charge in [-0.3, -0.25) is 0 Å². The topological polar surface area (TPSA) is 17.1 Å². The van der Waals surface area contributed by atoms with E-state index in [-0.39, 0.29) is 0 Å². The molecule has 22 heavy (non-hydrogen) atoms. The molecule has 0 spiro atoms. The van der Waals surface area contributed by atoms with E-state index in [0.717, 1.165) is 23.8 Å². The molecule has 0 saturated carbocycles. The van der Waals surface area contributed by atoms with E-state index in [1.54, 1.807) is 0 Å². The summed E-state index contributed by atoms with van der Waals surface area (Å²) < 4.78 is 10.2. The molecule has 130 valence electrons. The molecule has 0 aromatic carbocycles. The van der Waals surface area contributed by atoms with Crippen LogP contribution in [0.2, 0.25) is 0 Å². The first-order valence-corrected chi connectivity index (χ1v) is 10.7. The van der Waals surface area contributed by atoms with Crippen LogP contribution in [0, 0.1) is 0 Å². The molecule has 0 saturated heterocycles. The molecule has 0 bridgehead atoms. The van der Waals surface area contributed by atoms with Crippen LogP contribution >= 0.6 is 0 Å². The summed E-state index contributed by atoms with van der Waals surface area (Å²) in [4.78, 5) is 0. The first-order chi connectivity index (χ1) is 10.9. The van der Waals surface area contributed by atoms with Gasteiger partial charge < -0.3 is 0 Å². The summed E-state index contributed by atoms with van der Waals surface area (Å²) in [6.07, 6.45) is 26.5. The Balaban J connectivity index is 2.95. The Morgan fingerprint density at radius 2 is 0.955 bits per heavy atom. The quantitative estimate of drug-likeness (QED) is 0.147. The summed E-state index contributed by atoms with van der Waals surface area (Å²) in [6.45, 7) is 2.11. The van der Waals surface area contributed by atoms with Crippen molar-refractivity contribution in [1.82, 2.24) is 0 Å². The smallest absolute Gasteiger partial charge is 0.0917 e. The zero-order valence-electron chi connectivity index (χ0n) is 15.0. The van der Waals surface area contributed by atoms with Gasteiger partial charge in [-0.15, -0.1) is 0 Å². The van der Waals surface area contributed by atoms with Gasteiger partial charge in [0.15, 0.2) is 0 Å². The van der Waals surface area contributed by atoms with Gasteiger partial charge in [-0.25, -0.2) is 0 Å². The van der Waals surface area contributed by atoms with Gasteiger partial charge >= 0.3 is 11.7 Å². The predicted molar refractivity (Wildman–Crippen MR) is 102 cm³/mol. The first kappa shape index (κ1) is 21.8. The van der Waals surface area contributed by atoms with Gasteiger partial charge in [-0.2, -0.15) is 0 Å². The van der Waals surface area contributed by atoms with E-state index in [4.69, 9.17) is 0 Å². The Morgan fingerprint density at radius 1 is 0.591 bits per heavy atom. The van der Waals surface area contributed by atoms with Crippen LogP contribution in [0.15, 0.2) is 12.2 Å². The largest absolute Gasteiger partial charge is 0.458 e. The molecular formula is C20H39OS+. The molecule has 0 amide bonds. The maximum absolute atomic E-state index is 10.2. The number of hydrogen-bond acceptors (Lipinski definition) is 1. The zero-order valence-corrected chi connectivity index (χ0v) is 15.8. The Labute approximate surface area is 143 Å². The lowest BCUT2D eigenvalue weighted by atomic mass is 10.0. The lowest BCUT2D eigenvalue weighted by Gasteiger charge is -2.03. The second-order valence-electron chi connectivity index (χ2n) is 6.48. The maximum Gasteiger partial charge on any atom is 0.458 e. The molecule has 0 aromatic heterocycles. The van der Waals surface area contributed by atoms with E-state index in [1.165, 1.54) is 96.3 Å². The highest BCUT2D eigenvalue weighted by atomic mass is 32.1. The SMILES string of the molecule is CC=CCCCCCCCCCCCCCCCCC[S+]=O. The average Bonchev–Trinajstić information content (AvgIpc) is 2.54. The van der Waals surface area contributed by atoms with Gasteiger partial charge in [0.05, 0.1) is 0 Å². The molecule has 0 heterocycles. The van der Waals surface area contributed by atoms with Crippen LogP contribution in [0.1, 0.15) is 110 Å². The van der Waals surface area contributed by atoms with Gasteiger partial charge in [0, 0.05) is 10.6 Å². The second kappa shape index (κ2) is 20.8. The number of hydrogen-bond donors (Lipinski definition) is 0. The maximum atomic E-state index is 10.2. The summed E-state index contributed by atoms with van der Waals surface area (Å²) in [5.41, 5.74) is 0. The van der Waals surface area contributed by atoms with Crippen LogP contribution < -0.4 is 0 Å². The van der Waals surface area contributed by atoms with Crippen LogP contribution in [0.3, 0.4) is 0 Å². The summed E-state index contributed by atoms with van der Waals surface area (Å²) in [5.74, 6) is 0.801. The van der Waals surface area contributed by atoms with E-state index in [1.807, 2.05) is 0 Å². The summed E-state index contributed by atoms with van der Waals surface area (Å²) in [5, 5.41) is 0. The van der Waals surface area contributed by atoms with Crippen LogP contribution in [-0.4, -0.2) is 5.75 Å². The van der Waals surface area contributed by atoms with Gasteiger partial charge in [-0.05, 0) is 26.2 Å². The van der Waals surface area contributed by atoms with Crippen molar-refractivity contribution in [3.63, 3.8) is 0 Å². The fourth-order valence-electron chi connectivity index (χ4n) is 2.89. The molecule has 0 aliphatic rings. The Hall–Kier alpha value is -0.240. The molecule has 0 aromatic rings.